The minimum absolute atomic E-state index is 0.0803. The SMILES string of the molecule is O=C(O)[C@H]1CN(c2nc3nc(C(F)(F)F)ncc3s2)CCN1S(=O)(=O)c1ccc(C(F)(F)F)cc1. The number of carboxylic acid groups (broad SMARTS) is 1. The summed E-state index contributed by atoms with van der Waals surface area (Å²) in [4.78, 5) is 23.4. The van der Waals surface area contributed by atoms with E-state index in [1.807, 2.05) is 0 Å². The van der Waals surface area contributed by atoms with Gasteiger partial charge in [-0.25, -0.2) is 18.4 Å². The van der Waals surface area contributed by atoms with Crippen LogP contribution in [0.2, 0.25) is 0 Å². The number of hydrogen-bond donors (Lipinski definition) is 1. The third-order valence-electron chi connectivity index (χ3n) is 5.07. The van der Waals surface area contributed by atoms with Gasteiger partial charge in [-0.05, 0) is 24.3 Å². The van der Waals surface area contributed by atoms with Gasteiger partial charge in [-0.1, -0.05) is 11.3 Å². The number of nitrogens with zero attached hydrogens (tertiary/aromatic N) is 5. The fraction of sp³-hybridized carbons (Fsp3) is 0.333. The highest BCUT2D eigenvalue weighted by atomic mass is 32.2. The number of alkyl halides is 6. The summed E-state index contributed by atoms with van der Waals surface area (Å²) in [6, 6.07) is 1.01. The quantitative estimate of drug-likeness (QED) is 0.501. The van der Waals surface area contributed by atoms with E-state index in [0.29, 0.717) is 16.4 Å². The first-order chi connectivity index (χ1) is 16.2. The summed E-state index contributed by atoms with van der Waals surface area (Å²) < 4.78 is 104. The van der Waals surface area contributed by atoms with Crippen LogP contribution in [0.3, 0.4) is 0 Å². The summed E-state index contributed by atoms with van der Waals surface area (Å²) in [5, 5.41) is 9.77. The van der Waals surface area contributed by atoms with Gasteiger partial charge in [-0.3, -0.25) is 4.79 Å². The van der Waals surface area contributed by atoms with Gasteiger partial charge in [-0.15, -0.1) is 0 Å². The maximum atomic E-state index is 13.0. The van der Waals surface area contributed by atoms with E-state index in [2.05, 4.69) is 15.0 Å². The summed E-state index contributed by atoms with van der Waals surface area (Å²) in [6.07, 6.45) is -8.53. The second kappa shape index (κ2) is 8.56. The number of halogens is 6. The number of sulfonamides is 1. The molecule has 1 atom stereocenters. The van der Waals surface area contributed by atoms with E-state index in [1.165, 1.54) is 4.90 Å². The van der Waals surface area contributed by atoms with Crippen molar-refractivity contribution < 1.29 is 44.7 Å². The fourth-order valence-corrected chi connectivity index (χ4v) is 5.85. The van der Waals surface area contributed by atoms with Gasteiger partial charge in [0, 0.05) is 19.6 Å². The highest BCUT2D eigenvalue weighted by Gasteiger charge is 2.42. The van der Waals surface area contributed by atoms with Crippen LogP contribution in [0.15, 0.2) is 35.4 Å². The average molecular weight is 541 g/mol. The Morgan fingerprint density at radius 1 is 1.03 bits per heavy atom. The number of thiazole rings is 1. The first-order valence-electron chi connectivity index (χ1n) is 9.55. The van der Waals surface area contributed by atoms with Gasteiger partial charge in [0.15, 0.2) is 10.8 Å². The van der Waals surface area contributed by atoms with Crippen molar-refractivity contribution in [2.75, 3.05) is 24.5 Å². The van der Waals surface area contributed by atoms with Gasteiger partial charge >= 0.3 is 18.3 Å². The largest absolute Gasteiger partial charge is 0.480 e. The predicted molar refractivity (Wildman–Crippen MR) is 109 cm³/mol. The number of carbonyl (C=O) groups is 1. The van der Waals surface area contributed by atoms with Crippen LogP contribution >= 0.6 is 11.3 Å². The van der Waals surface area contributed by atoms with Gasteiger partial charge in [0.25, 0.3) is 0 Å². The number of anilines is 1. The summed E-state index contributed by atoms with van der Waals surface area (Å²) in [5.41, 5.74) is -1.32. The molecule has 188 valence electrons. The standard InChI is InChI=1S/C18H13F6N5O4S2/c19-17(20,21)9-1-3-10(4-2-9)35(32,33)29-6-5-28(8-11(29)14(30)31)16-27-13-12(34-16)7-25-15(26-13)18(22,23)24/h1-4,7,11H,5-6,8H2,(H,30,31)/t11-/m1/s1. The number of benzene rings is 1. The lowest BCUT2D eigenvalue weighted by Crippen LogP contribution is -2.58. The molecule has 4 rings (SSSR count). The van der Waals surface area contributed by atoms with E-state index in [0.717, 1.165) is 29.7 Å². The second-order valence-corrected chi connectivity index (χ2v) is 10.2. The monoisotopic (exact) mass is 541 g/mol. The molecular formula is C18H13F6N5O4S2. The maximum absolute atomic E-state index is 13.0. The van der Waals surface area contributed by atoms with Crippen molar-refractivity contribution in [3.63, 3.8) is 0 Å². The van der Waals surface area contributed by atoms with Gasteiger partial charge in [0.05, 0.1) is 21.4 Å². The highest BCUT2D eigenvalue weighted by molar-refractivity contribution is 7.89. The van der Waals surface area contributed by atoms with Crippen molar-refractivity contribution in [3.8, 4) is 0 Å². The Balaban J connectivity index is 1.60. The second-order valence-electron chi connectivity index (χ2n) is 7.31. The molecule has 0 aliphatic carbocycles. The van der Waals surface area contributed by atoms with Gasteiger partial charge < -0.3 is 10.0 Å². The minimum Gasteiger partial charge on any atom is -0.480 e. The molecule has 0 spiro atoms. The number of aromatic nitrogens is 3. The summed E-state index contributed by atoms with van der Waals surface area (Å²) in [6.45, 7) is -0.854. The predicted octanol–water partition coefficient (Wildman–Crippen LogP) is 3.09. The molecule has 17 heteroatoms. The maximum Gasteiger partial charge on any atom is 0.451 e. The van der Waals surface area contributed by atoms with E-state index >= 15 is 0 Å². The van der Waals surface area contributed by atoms with E-state index in [9.17, 15) is 44.7 Å². The molecule has 1 N–H and O–H groups in total. The Hall–Kier alpha value is -3.05. The molecule has 1 aromatic carbocycles. The Kier molecular flexibility index (Phi) is 6.13. The molecule has 0 bridgehead atoms. The van der Waals surface area contributed by atoms with Crippen molar-refractivity contribution in [1.29, 1.82) is 0 Å². The number of carboxylic acids is 1. The summed E-state index contributed by atoms with van der Waals surface area (Å²) in [7, 11) is -4.48. The van der Waals surface area contributed by atoms with Gasteiger partial charge in [-0.2, -0.15) is 35.6 Å². The smallest absolute Gasteiger partial charge is 0.451 e. The summed E-state index contributed by atoms with van der Waals surface area (Å²) in [5.74, 6) is -2.91. The van der Waals surface area contributed by atoms with Crippen molar-refractivity contribution in [3.05, 3.63) is 41.9 Å². The number of aliphatic carboxylic acids is 1. The van der Waals surface area contributed by atoms with Crippen molar-refractivity contribution in [1.82, 2.24) is 19.3 Å². The van der Waals surface area contributed by atoms with Crippen LogP contribution in [-0.2, 0) is 27.2 Å². The number of rotatable bonds is 4. The molecule has 1 fully saturated rings. The Morgan fingerprint density at radius 3 is 2.26 bits per heavy atom. The van der Waals surface area contributed by atoms with E-state index in [1.54, 1.807) is 0 Å². The highest BCUT2D eigenvalue weighted by Crippen LogP contribution is 2.34. The van der Waals surface area contributed by atoms with Crippen LogP contribution < -0.4 is 4.90 Å². The van der Waals surface area contributed by atoms with Crippen LogP contribution in [0.1, 0.15) is 11.4 Å². The molecule has 3 heterocycles. The van der Waals surface area contributed by atoms with Crippen LogP contribution in [0.25, 0.3) is 10.3 Å². The molecule has 0 saturated carbocycles. The third kappa shape index (κ3) is 4.87. The lowest BCUT2D eigenvalue weighted by atomic mass is 10.2. The number of piperazine rings is 1. The molecule has 0 unspecified atom stereocenters. The molecule has 1 saturated heterocycles. The van der Waals surface area contributed by atoms with E-state index in [-0.39, 0.29) is 28.6 Å². The Labute approximate surface area is 196 Å². The number of fused-ring (bicyclic) bond motifs is 1. The van der Waals surface area contributed by atoms with E-state index < -0.39 is 57.2 Å². The van der Waals surface area contributed by atoms with Crippen molar-refractivity contribution >= 4 is 42.8 Å². The first kappa shape index (κ1) is 25.1. The molecule has 0 amide bonds. The topological polar surface area (TPSA) is 117 Å². The zero-order chi connectivity index (χ0) is 25.8. The Morgan fingerprint density at radius 2 is 1.69 bits per heavy atom. The van der Waals surface area contributed by atoms with Crippen LogP contribution in [0.4, 0.5) is 31.5 Å². The minimum atomic E-state index is -4.79. The van der Waals surface area contributed by atoms with E-state index in [4.69, 9.17) is 0 Å². The molecule has 2 aromatic heterocycles. The van der Waals surface area contributed by atoms with Crippen LogP contribution in [0.5, 0.6) is 0 Å². The molecule has 35 heavy (non-hydrogen) atoms. The van der Waals surface area contributed by atoms with Crippen LogP contribution in [0, 0.1) is 0 Å². The van der Waals surface area contributed by atoms with Crippen molar-refractivity contribution in [2.45, 2.75) is 23.3 Å². The molecular weight excluding hydrogens is 528 g/mol. The lowest BCUT2D eigenvalue weighted by Gasteiger charge is -2.38. The van der Waals surface area contributed by atoms with Crippen LogP contribution in [-0.4, -0.2) is 64.4 Å². The number of hydrogen-bond acceptors (Lipinski definition) is 8. The average Bonchev–Trinajstić information content (AvgIpc) is 3.21. The molecule has 1 aliphatic heterocycles. The first-order valence-corrected chi connectivity index (χ1v) is 11.8. The molecule has 9 nitrogen and oxygen atoms in total. The Bertz CT molecular complexity index is 1370. The molecule has 3 aromatic rings. The summed E-state index contributed by atoms with van der Waals surface area (Å²) >= 11 is 0.901. The van der Waals surface area contributed by atoms with Crippen molar-refractivity contribution in [2.24, 2.45) is 0 Å². The van der Waals surface area contributed by atoms with Gasteiger partial charge in [0.2, 0.25) is 15.8 Å². The fourth-order valence-electron chi connectivity index (χ4n) is 3.38. The molecule has 1 aliphatic rings. The zero-order valence-corrected chi connectivity index (χ0v) is 18.7. The normalized spacial score (nSPS) is 18.2. The third-order valence-corrected chi connectivity index (χ3v) is 8.03. The van der Waals surface area contributed by atoms with Gasteiger partial charge in [0.1, 0.15) is 6.04 Å². The molecule has 0 radical (unpaired) electrons. The zero-order valence-electron chi connectivity index (χ0n) is 17.1. The lowest BCUT2D eigenvalue weighted by molar-refractivity contribution is -0.145.